The Bertz CT molecular complexity index is 1320. The molecule has 4 atom stereocenters. The number of aliphatic hydroxyl groups is 1. The Labute approximate surface area is 285 Å². The van der Waals surface area contributed by atoms with Crippen molar-refractivity contribution in [2.75, 3.05) is 71.7 Å². The summed E-state index contributed by atoms with van der Waals surface area (Å²) in [6.45, 7) is 7.54. The van der Waals surface area contributed by atoms with Crippen molar-refractivity contribution in [2.45, 2.75) is 71.1 Å². The smallest absolute Gasteiger partial charge is 0.323 e. The number of benzene rings is 2. The van der Waals surface area contributed by atoms with Gasteiger partial charge in [0.2, 0.25) is 5.91 Å². The third-order valence-electron chi connectivity index (χ3n) is 8.53. The minimum atomic E-state index is -0.515. The molecule has 48 heavy (non-hydrogen) atoms. The van der Waals surface area contributed by atoms with Crippen molar-refractivity contribution in [1.29, 1.82) is 0 Å². The number of methoxy groups -OCH3 is 1. The van der Waals surface area contributed by atoms with E-state index in [0.29, 0.717) is 42.4 Å². The molecule has 1 aliphatic rings. The molecule has 2 aromatic carbocycles. The van der Waals surface area contributed by atoms with E-state index in [2.05, 4.69) is 15.5 Å². The first-order valence-corrected chi connectivity index (χ1v) is 16.9. The van der Waals surface area contributed by atoms with Gasteiger partial charge in [0.25, 0.3) is 5.91 Å². The van der Waals surface area contributed by atoms with Crippen LogP contribution in [-0.4, -0.2) is 117 Å². The van der Waals surface area contributed by atoms with E-state index in [-0.39, 0.29) is 48.7 Å². The molecule has 2 aromatic rings. The summed E-state index contributed by atoms with van der Waals surface area (Å²) in [5, 5.41) is 15.8. The van der Waals surface area contributed by atoms with Gasteiger partial charge in [0.15, 0.2) is 0 Å². The summed E-state index contributed by atoms with van der Waals surface area (Å²) in [6.07, 6.45) is 3.16. The number of amides is 4. The van der Waals surface area contributed by atoms with Crippen molar-refractivity contribution in [2.24, 2.45) is 5.92 Å². The summed E-state index contributed by atoms with van der Waals surface area (Å²) < 4.78 is 17.8. The van der Waals surface area contributed by atoms with Crippen molar-refractivity contribution in [3.8, 4) is 11.5 Å². The number of hydrogen-bond donors (Lipinski definition) is 3. The first-order valence-electron chi connectivity index (χ1n) is 16.9. The largest absolute Gasteiger partial charge is 0.497 e. The lowest BCUT2D eigenvalue weighted by atomic mass is 10.0. The lowest BCUT2D eigenvalue weighted by molar-refractivity contribution is -0.132. The maximum absolute atomic E-state index is 14.3. The fourth-order valence-corrected chi connectivity index (χ4v) is 5.54. The molecule has 1 aliphatic heterocycles. The number of nitrogens with one attached hydrogen (secondary N) is 2. The Hall–Kier alpha value is -3.87. The number of carbonyl (C=O) groups excluding carboxylic acids is 3. The number of carbonyl (C=O) groups is 3. The second-order valence-electron chi connectivity index (χ2n) is 13.0. The lowest BCUT2D eigenvalue weighted by Crippen LogP contribution is -2.48. The minimum absolute atomic E-state index is 0.0553. The summed E-state index contributed by atoms with van der Waals surface area (Å²) in [5.74, 6) is 0.630. The second-order valence-corrected chi connectivity index (χ2v) is 13.0. The number of urea groups is 1. The van der Waals surface area contributed by atoms with Crippen LogP contribution in [0.15, 0.2) is 42.5 Å². The molecular weight excluding hydrogens is 614 g/mol. The van der Waals surface area contributed by atoms with Crippen molar-refractivity contribution < 1.29 is 33.7 Å². The molecular formula is C36H55N5O7. The maximum Gasteiger partial charge on any atom is 0.323 e. The van der Waals surface area contributed by atoms with Crippen molar-refractivity contribution in [3.05, 3.63) is 48.0 Å². The highest BCUT2D eigenvalue weighted by molar-refractivity contribution is 6.02. The van der Waals surface area contributed by atoms with E-state index in [9.17, 15) is 19.5 Å². The van der Waals surface area contributed by atoms with Crippen LogP contribution in [0, 0.1) is 5.92 Å². The zero-order valence-corrected chi connectivity index (χ0v) is 29.7. The van der Waals surface area contributed by atoms with E-state index < -0.39 is 12.1 Å². The van der Waals surface area contributed by atoms with Gasteiger partial charge in [0.1, 0.15) is 11.5 Å². The summed E-state index contributed by atoms with van der Waals surface area (Å²) in [6, 6.07) is 11.0. The first kappa shape index (κ1) is 38.6. The minimum Gasteiger partial charge on any atom is -0.497 e. The summed E-state index contributed by atoms with van der Waals surface area (Å²) in [4.78, 5) is 45.6. The number of fused-ring (bicyclic) bond motifs is 1. The van der Waals surface area contributed by atoms with E-state index >= 15 is 0 Å². The third kappa shape index (κ3) is 12.0. The van der Waals surface area contributed by atoms with E-state index in [0.717, 1.165) is 32.2 Å². The number of likely N-dealkylation sites (N-methyl/N-ethyl adjacent to an activating group) is 1. The van der Waals surface area contributed by atoms with Crippen LogP contribution >= 0.6 is 0 Å². The number of aliphatic hydroxyl groups excluding tert-OH is 1. The molecule has 266 valence electrons. The van der Waals surface area contributed by atoms with E-state index in [1.54, 1.807) is 73.3 Å². The molecule has 0 radical (unpaired) electrons. The predicted molar refractivity (Wildman–Crippen MR) is 188 cm³/mol. The second kappa shape index (κ2) is 19.2. The number of ether oxygens (including phenoxy) is 3. The Morgan fingerprint density at radius 3 is 2.42 bits per heavy atom. The lowest BCUT2D eigenvalue weighted by Gasteiger charge is -2.36. The van der Waals surface area contributed by atoms with Crippen LogP contribution in [0.4, 0.5) is 16.2 Å². The standard InChI is InChI=1S/C36H55N5O7/c1-25-22-41(26(2)24-42)35(44)31-21-29(38-36(45)37-28-13-16-30(46-7)17-14-28)15-18-32(31)48-27(3)11-8-9-20-47-33(25)23-40(6)34(43)12-10-19-39(4)5/h13-18,21,25-27,33,42H,8-12,19-20,22-24H2,1-7H3,(H2,37,38,45)/t25-,26-,27-,33+/m0/s1. The monoisotopic (exact) mass is 669 g/mol. The number of rotatable bonds is 11. The van der Waals surface area contributed by atoms with Gasteiger partial charge in [0.05, 0.1) is 37.5 Å². The third-order valence-corrected chi connectivity index (χ3v) is 8.53. The van der Waals surface area contributed by atoms with Gasteiger partial charge in [-0.2, -0.15) is 0 Å². The van der Waals surface area contributed by atoms with Crippen molar-refractivity contribution >= 4 is 29.2 Å². The molecule has 4 amide bonds. The van der Waals surface area contributed by atoms with Crippen LogP contribution < -0.4 is 20.1 Å². The van der Waals surface area contributed by atoms with Crippen LogP contribution in [0.5, 0.6) is 11.5 Å². The van der Waals surface area contributed by atoms with Crippen molar-refractivity contribution in [1.82, 2.24) is 14.7 Å². The van der Waals surface area contributed by atoms with Gasteiger partial charge >= 0.3 is 6.03 Å². The van der Waals surface area contributed by atoms with Crippen LogP contribution in [0.3, 0.4) is 0 Å². The average molecular weight is 670 g/mol. The average Bonchev–Trinajstić information content (AvgIpc) is 3.06. The Morgan fingerprint density at radius 2 is 1.75 bits per heavy atom. The molecule has 0 fully saturated rings. The van der Waals surface area contributed by atoms with Gasteiger partial charge in [-0.05, 0) is 103 Å². The van der Waals surface area contributed by atoms with Gasteiger partial charge in [-0.3, -0.25) is 9.59 Å². The maximum atomic E-state index is 14.3. The number of anilines is 2. The molecule has 0 bridgehead atoms. The Balaban J connectivity index is 1.86. The molecule has 3 N–H and O–H groups in total. The summed E-state index contributed by atoms with van der Waals surface area (Å²) in [7, 11) is 7.35. The van der Waals surface area contributed by atoms with E-state index in [1.165, 1.54) is 0 Å². The quantitative estimate of drug-likeness (QED) is 0.307. The van der Waals surface area contributed by atoms with Crippen LogP contribution in [0.25, 0.3) is 0 Å². The topological polar surface area (TPSA) is 133 Å². The Morgan fingerprint density at radius 1 is 1.06 bits per heavy atom. The highest BCUT2D eigenvalue weighted by Gasteiger charge is 2.31. The van der Waals surface area contributed by atoms with Gasteiger partial charge in [-0.25, -0.2) is 4.79 Å². The van der Waals surface area contributed by atoms with Crippen LogP contribution in [-0.2, 0) is 9.53 Å². The zero-order chi connectivity index (χ0) is 35.2. The first-order chi connectivity index (χ1) is 22.9. The molecule has 12 nitrogen and oxygen atoms in total. The molecule has 3 rings (SSSR count). The van der Waals surface area contributed by atoms with Gasteiger partial charge in [-0.15, -0.1) is 0 Å². The molecule has 0 aromatic heterocycles. The van der Waals surface area contributed by atoms with Gasteiger partial charge < -0.3 is 44.7 Å². The molecule has 12 heteroatoms. The molecule has 0 spiro atoms. The summed E-state index contributed by atoms with van der Waals surface area (Å²) >= 11 is 0. The normalized spacial score (nSPS) is 19.8. The highest BCUT2D eigenvalue weighted by atomic mass is 16.5. The number of hydrogen-bond acceptors (Lipinski definition) is 8. The van der Waals surface area contributed by atoms with Crippen LogP contribution in [0.2, 0.25) is 0 Å². The predicted octanol–water partition coefficient (Wildman–Crippen LogP) is 4.93. The molecule has 0 unspecified atom stereocenters. The van der Waals surface area contributed by atoms with E-state index in [4.69, 9.17) is 14.2 Å². The highest BCUT2D eigenvalue weighted by Crippen LogP contribution is 2.29. The molecule has 0 aliphatic carbocycles. The molecule has 1 heterocycles. The molecule has 0 saturated carbocycles. The fourth-order valence-electron chi connectivity index (χ4n) is 5.54. The van der Waals surface area contributed by atoms with E-state index in [1.807, 2.05) is 27.9 Å². The Kier molecular flexibility index (Phi) is 15.4. The number of nitrogens with zero attached hydrogens (tertiary/aromatic N) is 3. The van der Waals surface area contributed by atoms with Gasteiger partial charge in [0, 0.05) is 50.5 Å². The van der Waals surface area contributed by atoms with Crippen LogP contribution in [0.1, 0.15) is 63.2 Å². The van der Waals surface area contributed by atoms with Crippen molar-refractivity contribution in [3.63, 3.8) is 0 Å². The van der Waals surface area contributed by atoms with Gasteiger partial charge in [-0.1, -0.05) is 6.92 Å². The fraction of sp³-hybridized carbons (Fsp3) is 0.583. The summed E-state index contributed by atoms with van der Waals surface area (Å²) in [5.41, 5.74) is 1.26. The molecule has 0 saturated heterocycles. The SMILES string of the molecule is COc1ccc(NC(=O)Nc2ccc3c(c2)C(=O)N([C@@H](C)CO)C[C@H](C)[C@@H](CN(C)C(=O)CCCN(C)C)OCCCC[C@H](C)O3)cc1. The zero-order valence-electron chi connectivity index (χ0n) is 29.7.